The molecule has 0 unspecified atom stereocenters. The summed E-state index contributed by atoms with van der Waals surface area (Å²) in [6.45, 7) is 7.75. The van der Waals surface area contributed by atoms with E-state index in [0.29, 0.717) is 29.7 Å². The van der Waals surface area contributed by atoms with E-state index >= 15 is 0 Å². The fraction of sp³-hybridized carbons (Fsp3) is 0.231. The number of rotatable bonds is 4. The van der Waals surface area contributed by atoms with E-state index in [2.05, 4.69) is 16.7 Å². The molecule has 7 nitrogen and oxygen atoms in total. The number of benzene rings is 1. The number of thiophene rings is 1. The maximum Gasteiger partial charge on any atom is 0.184 e. The minimum Gasteiger partial charge on any atom is -0.390 e. The number of fused-ring (bicyclic) bond motifs is 3. The van der Waals surface area contributed by atoms with Gasteiger partial charge in [0.1, 0.15) is 11.2 Å². The van der Waals surface area contributed by atoms with E-state index < -0.39 is 11.1 Å². The quantitative estimate of drug-likeness (QED) is 0.393. The molecule has 8 heteroatoms. The van der Waals surface area contributed by atoms with Crippen LogP contribution in [0.15, 0.2) is 60.6 Å². The maximum absolute atomic E-state index is 10.2. The highest BCUT2D eigenvalue weighted by Gasteiger charge is 2.49. The van der Waals surface area contributed by atoms with E-state index in [4.69, 9.17) is 15.7 Å². The normalized spacial score (nSPS) is 22.2. The Hall–Kier alpha value is -3.46. The van der Waals surface area contributed by atoms with Crippen molar-refractivity contribution >= 4 is 33.7 Å². The molecule has 0 saturated heterocycles. The first-order valence-electron chi connectivity index (χ1n) is 11.1. The molecule has 0 amide bonds. The van der Waals surface area contributed by atoms with Crippen molar-refractivity contribution in [3.8, 4) is 21.8 Å². The fourth-order valence-electron chi connectivity index (χ4n) is 4.89. The van der Waals surface area contributed by atoms with Crippen molar-refractivity contribution in [2.45, 2.75) is 37.8 Å². The summed E-state index contributed by atoms with van der Waals surface area (Å²) in [6, 6.07) is 14.1. The van der Waals surface area contributed by atoms with Crippen molar-refractivity contribution in [1.82, 2.24) is 24.6 Å². The molecule has 6 rings (SSSR count). The maximum atomic E-state index is 10.2. The summed E-state index contributed by atoms with van der Waals surface area (Å²) < 4.78 is 1.73. The van der Waals surface area contributed by atoms with Gasteiger partial charge < -0.3 is 10.8 Å². The number of hydrogen-bond donors (Lipinski definition) is 2. The monoisotopic (exact) mass is 468 g/mol. The van der Waals surface area contributed by atoms with Gasteiger partial charge in [-0.25, -0.2) is 15.0 Å². The lowest BCUT2D eigenvalue weighted by molar-refractivity contribution is -0.0738. The molecule has 3 N–H and O–H groups in total. The summed E-state index contributed by atoms with van der Waals surface area (Å²) in [6.07, 6.45) is 2.84. The van der Waals surface area contributed by atoms with E-state index in [9.17, 15) is 5.11 Å². The molecule has 0 spiro atoms. The summed E-state index contributed by atoms with van der Waals surface area (Å²) in [4.78, 5) is 15.6. The van der Waals surface area contributed by atoms with E-state index in [1.54, 1.807) is 22.0 Å². The standard InChI is InChI=1S/C26H24N6OS/c1-15(2)18-11-21-28-12-19-24(32(21)31-18)30-22(23(29-19)20-5-4-10-34-20)16-6-8-17(9-7-16)26(27)13-25(3,33)14-26/h4-12,33H,1,13-14,27H2,2-3H3/t25-,26+. The van der Waals surface area contributed by atoms with Crippen LogP contribution < -0.4 is 5.73 Å². The molecule has 0 bridgehead atoms. The van der Waals surface area contributed by atoms with Crippen molar-refractivity contribution in [3.05, 3.63) is 71.9 Å². The molecule has 170 valence electrons. The third kappa shape index (κ3) is 3.34. The fourth-order valence-corrected chi connectivity index (χ4v) is 5.61. The Balaban J connectivity index is 1.52. The van der Waals surface area contributed by atoms with Crippen molar-refractivity contribution in [1.29, 1.82) is 0 Å². The van der Waals surface area contributed by atoms with Gasteiger partial charge in [-0.05, 0) is 49.3 Å². The highest BCUT2D eigenvalue weighted by molar-refractivity contribution is 7.13. The molecule has 4 aromatic heterocycles. The molecule has 5 aromatic rings. The minimum absolute atomic E-state index is 0.500. The van der Waals surface area contributed by atoms with Crippen LogP contribution in [-0.4, -0.2) is 35.3 Å². The largest absolute Gasteiger partial charge is 0.390 e. The van der Waals surface area contributed by atoms with Crippen molar-refractivity contribution in [2.75, 3.05) is 0 Å². The molecular weight excluding hydrogens is 444 g/mol. The van der Waals surface area contributed by atoms with E-state index in [1.807, 2.05) is 61.7 Å². The van der Waals surface area contributed by atoms with Gasteiger partial charge in [0.25, 0.3) is 0 Å². The van der Waals surface area contributed by atoms with Crippen LogP contribution in [0.2, 0.25) is 0 Å². The SMILES string of the molecule is C=C(C)c1cc2ncc3nc(-c4cccs4)c(-c4ccc([C@]5(N)C[C@@](C)(O)C5)cc4)nc3n2n1. The second kappa shape index (κ2) is 7.27. The lowest BCUT2D eigenvalue weighted by Gasteiger charge is -2.49. The zero-order valence-electron chi connectivity index (χ0n) is 19.0. The highest BCUT2D eigenvalue weighted by atomic mass is 32.1. The Morgan fingerprint density at radius 1 is 1.15 bits per heavy atom. The predicted octanol–water partition coefficient (Wildman–Crippen LogP) is 4.80. The third-order valence-electron chi connectivity index (χ3n) is 6.43. The summed E-state index contributed by atoms with van der Waals surface area (Å²) in [5.41, 5.74) is 12.5. The molecule has 1 fully saturated rings. The van der Waals surface area contributed by atoms with Gasteiger partial charge in [-0.3, -0.25) is 0 Å². The average molecular weight is 469 g/mol. The zero-order chi connectivity index (χ0) is 23.7. The molecule has 0 atom stereocenters. The highest BCUT2D eigenvalue weighted by Crippen LogP contribution is 2.46. The van der Waals surface area contributed by atoms with Crippen LogP contribution in [0, 0.1) is 0 Å². The van der Waals surface area contributed by atoms with E-state index in [1.165, 1.54) is 0 Å². The third-order valence-corrected chi connectivity index (χ3v) is 7.31. The molecule has 0 radical (unpaired) electrons. The topological polar surface area (TPSA) is 102 Å². The van der Waals surface area contributed by atoms with Gasteiger partial charge in [-0.2, -0.15) is 9.61 Å². The predicted molar refractivity (Wildman–Crippen MR) is 135 cm³/mol. The van der Waals surface area contributed by atoms with Crippen LogP contribution in [-0.2, 0) is 5.54 Å². The number of hydrogen-bond acceptors (Lipinski definition) is 7. The number of allylic oxidation sites excluding steroid dienone is 1. The van der Waals surface area contributed by atoms with Gasteiger partial charge in [0.2, 0.25) is 0 Å². The van der Waals surface area contributed by atoms with Gasteiger partial charge in [-0.15, -0.1) is 11.3 Å². The summed E-state index contributed by atoms with van der Waals surface area (Å²) >= 11 is 1.62. The first-order chi connectivity index (χ1) is 16.2. The Labute approximate surface area is 200 Å². The Morgan fingerprint density at radius 2 is 1.91 bits per heavy atom. The van der Waals surface area contributed by atoms with Crippen molar-refractivity contribution < 1.29 is 5.11 Å². The Kier molecular flexibility index (Phi) is 4.51. The van der Waals surface area contributed by atoms with Gasteiger partial charge >= 0.3 is 0 Å². The molecule has 1 aliphatic carbocycles. The second-order valence-corrected chi connectivity index (χ2v) is 10.5. The first kappa shape index (κ1) is 21.1. The van der Waals surface area contributed by atoms with Crippen molar-refractivity contribution in [3.63, 3.8) is 0 Å². The summed E-state index contributed by atoms with van der Waals surface area (Å²) in [5.74, 6) is 0. The Bertz CT molecular complexity index is 1560. The van der Waals surface area contributed by atoms with Gasteiger partial charge in [0.05, 0.1) is 28.1 Å². The lowest BCUT2D eigenvalue weighted by atomic mass is 9.63. The van der Waals surface area contributed by atoms with Crippen LogP contribution in [0.4, 0.5) is 0 Å². The van der Waals surface area contributed by atoms with Crippen LogP contribution in [0.25, 0.3) is 44.2 Å². The van der Waals surface area contributed by atoms with Crippen LogP contribution in [0.1, 0.15) is 37.9 Å². The Morgan fingerprint density at radius 3 is 2.56 bits per heavy atom. The van der Waals surface area contributed by atoms with Crippen LogP contribution >= 0.6 is 11.3 Å². The molecule has 1 saturated carbocycles. The van der Waals surface area contributed by atoms with Crippen LogP contribution in [0.5, 0.6) is 0 Å². The summed E-state index contributed by atoms with van der Waals surface area (Å²) in [7, 11) is 0. The molecule has 1 aliphatic rings. The van der Waals surface area contributed by atoms with Gasteiger partial charge in [-0.1, -0.05) is 36.9 Å². The minimum atomic E-state index is -0.699. The van der Waals surface area contributed by atoms with Crippen LogP contribution in [0.3, 0.4) is 0 Å². The van der Waals surface area contributed by atoms with Gasteiger partial charge in [0.15, 0.2) is 11.3 Å². The number of aromatic nitrogens is 5. The molecule has 1 aromatic carbocycles. The summed E-state index contributed by atoms with van der Waals surface area (Å²) in [5, 5.41) is 16.9. The number of nitrogens with zero attached hydrogens (tertiary/aromatic N) is 5. The number of nitrogens with two attached hydrogens (primary N) is 1. The molecule has 4 heterocycles. The molecule has 34 heavy (non-hydrogen) atoms. The van der Waals surface area contributed by atoms with Gasteiger partial charge in [0, 0.05) is 17.2 Å². The lowest BCUT2D eigenvalue weighted by Crippen LogP contribution is -2.58. The molecular formula is C26H24N6OS. The average Bonchev–Trinajstić information content (AvgIpc) is 3.47. The van der Waals surface area contributed by atoms with Crippen molar-refractivity contribution in [2.24, 2.45) is 5.73 Å². The second-order valence-electron chi connectivity index (χ2n) is 9.53. The smallest absolute Gasteiger partial charge is 0.184 e. The number of aliphatic hydroxyl groups is 1. The van der Waals surface area contributed by atoms with E-state index in [0.717, 1.165) is 38.7 Å². The zero-order valence-corrected chi connectivity index (χ0v) is 19.8. The molecule has 0 aliphatic heterocycles. The van der Waals surface area contributed by atoms with E-state index in [-0.39, 0.29) is 0 Å². The first-order valence-corrected chi connectivity index (χ1v) is 12.0.